The van der Waals surface area contributed by atoms with Crippen LogP contribution in [0.1, 0.15) is 65.2 Å². The molecule has 2 bridgehead atoms. The normalized spacial score (nSPS) is 20.7. The molecule has 3 atom stereocenters. The SMILES string of the molecule is Cc1nsnc1C(=O)N1CCNC(=O)[C@@H](Cc2ccccc2)NC(=O)[C@@H](CC(C)C)NC(=O)[C@@H](C)NC(=O)c2cc(on2)C1. The number of fused-ring (bicyclic) bond motifs is 2. The molecule has 15 heteroatoms. The van der Waals surface area contributed by atoms with E-state index in [1.54, 1.807) is 6.92 Å². The predicted octanol–water partition coefficient (Wildman–Crippen LogP) is 0.983. The maximum atomic E-state index is 13.5. The van der Waals surface area contributed by atoms with Crippen LogP contribution in [0.5, 0.6) is 0 Å². The summed E-state index contributed by atoms with van der Waals surface area (Å²) in [4.78, 5) is 67.7. The molecule has 0 fully saturated rings. The fraction of sp³-hybridized carbons (Fsp3) is 0.448. The first-order valence-electron chi connectivity index (χ1n) is 14.3. The van der Waals surface area contributed by atoms with Crippen molar-refractivity contribution in [2.45, 2.75) is 65.2 Å². The van der Waals surface area contributed by atoms with Gasteiger partial charge in [-0.25, -0.2) is 0 Å². The highest BCUT2D eigenvalue weighted by Gasteiger charge is 2.30. The molecule has 0 aliphatic carbocycles. The molecule has 2 aromatic heterocycles. The van der Waals surface area contributed by atoms with Gasteiger partial charge in [0, 0.05) is 25.6 Å². The van der Waals surface area contributed by atoms with Crippen molar-refractivity contribution in [1.29, 1.82) is 0 Å². The van der Waals surface area contributed by atoms with Crippen molar-refractivity contribution in [3.05, 3.63) is 64.8 Å². The van der Waals surface area contributed by atoms with Crippen LogP contribution in [0.2, 0.25) is 0 Å². The van der Waals surface area contributed by atoms with Gasteiger partial charge < -0.3 is 30.7 Å². The van der Waals surface area contributed by atoms with E-state index in [-0.39, 0.29) is 49.1 Å². The summed E-state index contributed by atoms with van der Waals surface area (Å²) in [6, 6.07) is 7.63. The molecule has 3 heterocycles. The van der Waals surface area contributed by atoms with Gasteiger partial charge in [-0.15, -0.1) is 0 Å². The Labute approximate surface area is 258 Å². The molecule has 4 N–H and O–H groups in total. The third-order valence-corrected chi connectivity index (χ3v) is 7.58. The monoisotopic (exact) mass is 624 g/mol. The van der Waals surface area contributed by atoms with Crippen LogP contribution in [0.3, 0.4) is 0 Å². The van der Waals surface area contributed by atoms with Gasteiger partial charge in [0.05, 0.1) is 24.0 Å². The summed E-state index contributed by atoms with van der Waals surface area (Å²) in [6.07, 6.45) is 0.493. The third kappa shape index (κ3) is 8.46. The van der Waals surface area contributed by atoms with Crippen LogP contribution >= 0.6 is 11.7 Å². The lowest BCUT2D eigenvalue weighted by Gasteiger charge is -2.26. The first-order chi connectivity index (χ1) is 21.0. The standard InChI is InChI=1S/C29H36N8O6S/c1-16(2)12-21-27(40)33-22(13-19-8-6-5-7-9-19)26(39)30-10-11-37(29(42)24-17(3)35-44-36-24)15-20-14-23(34-43-20)28(41)31-18(4)25(38)32-21/h5-9,14,16,18,21-22H,10-13,15H2,1-4H3,(H,30,39)(H,31,41)(H,32,38)(H,33,40)/t18-,21-,22-/m1/s1. The zero-order chi connectivity index (χ0) is 31.8. The molecule has 0 saturated carbocycles. The van der Waals surface area contributed by atoms with Crippen molar-refractivity contribution in [3.63, 3.8) is 0 Å². The minimum atomic E-state index is -1.02. The van der Waals surface area contributed by atoms with Crippen LogP contribution in [0.15, 0.2) is 40.9 Å². The minimum absolute atomic E-state index is 0.0313. The fourth-order valence-electron chi connectivity index (χ4n) is 4.61. The van der Waals surface area contributed by atoms with E-state index in [1.165, 1.54) is 17.9 Å². The van der Waals surface area contributed by atoms with Gasteiger partial charge in [0.25, 0.3) is 11.8 Å². The maximum Gasteiger partial charge on any atom is 0.275 e. The Bertz CT molecular complexity index is 1490. The second-order valence-electron chi connectivity index (χ2n) is 11.0. The van der Waals surface area contributed by atoms with E-state index >= 15 is 0 Å². The highest BCUT2D eigenvalue weighted by atomic mass is 32.1. The average Bonchev–Trinajstić information content (AvgIpc) is 3.64. The number of aryl methyl sites for hydroxylation is 1. The lowest BCUT2D eigenvalue weighted by atomic mass is 10.0. The molecule has 0 saturated heterocycles. The second-order valence-corrected chi connectivity index (χ2v) is 11.6. The molecule has 234 valence electrons. The molecule has 3 aromatic rings. The Morgan fingerprint density at radius 1 is 1.02 bits per heavy atom. The molecule has 44 heavy (non-hydrogen) atoms. The Morgan fingerprint density at radius 3 is 2.43 bits per heavy atom. The lowest BCUT2D eigenvalue weighted by molar-refractivity contribution is -0.132. The zero-order valence-electron chi connectivity index (χ0n) is 25.0. The van der Waals surface area contributed by atoms with E-state index in [4.69, 9.17) is 4.52 Å². The molecule has 1 aliphatic rings. The number of aromatic nitrogens is 3. The minimum Gasteiger partial charge on any atom is -0.359 e. The van der Waals surface area contributed by atoms with Crippen molar-refractivity contribution in [2.24, 2.45) is 5.92 Å². The first kappa shape index (κ1) is 32.3. The highest BCUT2D eigenvalue weighted by Crippen LogP contribution is 2.14. The first-order valence-corrected chi connectivity index (χ1v) is 15.0. The number of carbonyl (C=O) groups is 5. The topological polar surface area (TPSA) is 189 Å². The van der Waals surface area contributed by atoms with Gasteiger partial charge >= 0.3 is 0 Å². The van der Waals surface area contributed by atoms with Crippen LogP contribution in [-0.2, 0) is 27.3 Å². The van der Waals surface area contributed by atoms with Gasteiger partial charge in [-0.3, -0.25) is 24.0 Å². The quantitative estimate of drug-likeness (QED) is 0.321. The van der Waals surface area contributed by atoms with Crippen molar-refractivity contribution in [1.82, 2.24) is 40.1 Å². The molecule has 1 aliphatic heterocycles. The Morgan fingerprint density at radius 2 is 1.75 bits per heavy atom. The maximum absolute atomic E-state index is 13.5. The van der Waals surface area contributed by atoms with E-state index in [1.807, 2.05) is 44.2 Å². The Balaban J connectivity index is 1.65. The molecular formula is C29H36N8O6S. The molecule has 1 aromatic carbocycles. The van der Waals surface area contributed by atoms with Crippen molar-refractivity contribution < 1.29 is 28.5 Å². The number of nitrogens with one attached hydrogen (secondary N) is 4. The number of nitrogens with zero attached hydrogens (tertiary/aromatic N) is 4. The smallest absolute Gasteiger partial charge is 0.275 e. The fourth-order valence-corrected chi connectivity index (χ4v) is 5.16. The van der Waals surface area contributed by atoms with Gasteiger partial charge in [-0.2, -0.15) is 8.75 Å². The Kier molecular flexibility index (Phi) is 10.8. The van der Waals surface area contributed by atoms with Crippen molar-refractivity contribution in [3.8, 4) is 0 Å². The van der Waals surface area contributed by atoms with E-state index in [0.29, 0.717) is 12.1 Å². The molecule has 0 spiro atoms. The summed E-state index contributed by atoms with van der Waals surface area (Å²) in [6.45, 7) is 6.96. The average molecular weight is 625 g/mol. The van der Waals surface area contributed by atoms with Crippen LogP contribution in [-0.4, -0.2) is 79.6 Å². The third-order valence-electron chi connectivity index (χ3n) is 6.96. The van der Waals surface area contributed by atoms with Crippen molar-refractivity contribution >= 4 is 41.3 Å². The van der Waals surface area contributed by atoms with Crippen LogP contribution in [0, 0.1) is 12.8 Å². The summed E-state index contributed by atoms with van der Waals surface area (Å²) >= 11 is 0.904. The van der Waals surface area contributed by atoms with E-state index in [0.717, 1.165) is 17.3 Å². The summed E-state index contributed by atoms with van der Waals surface area (Å²) in [5.74, 6) is -2.45. The van der Waals surface area contributed by atoms with E-state index < -0.39 is 47.7 Å². The molecule has 14 nitrogen and oxygen atoms in total. The van der Waals surface area contributed by atoms with Crippen LogP contribution < -0.4 is 21.3 Å². The number of rotatable bonds is 5. The number of hydrogen-bond acceptors (Lipinski definition) is 10. The van der Waals surface area contributed by atoms with Gasteiger partial charge in [0.15, 0.2) is 17.1 Å². The van der Waals surface area contributed by atoms with Crippen LogP contribution in [0.25, 0.3) is 0 Å². The molecule has 0 radical (unpaired) electrons. The number of carbonyl (C=O) groups excluding carboxylic acids is 5. The molecular weight excluding hydrogens is 588 g/mol. The summed E-state index contributed by atoms with van der Waals surface area (Å²) in [7, 11) is 0. The van der Waals surface area contributed by atoms with Gasteiger partial charge in [-0.05, 0) is 31.7 Å². The van der Waals surface area contributed by atoms with Gasteiger partial charge in [-0.1, -0.05) is 49.3 Å². The zero-order valence-corrected chi connectivity index (χ0v) is 25.8. The summed E-state index contributed by atoms with van der Waals surface area (Å²) < 4.78 is 13.5. The number of hydrogen-bond donors (Lipinski definition) is 4. The number of amides is 5. The Hall–Kier alpha value is -4.66. The van der Waals surface area contributed by atoms with Gasteiger partial charge in [0.1, 0.15) is 18.1 Å². The van der Waals surface area contributed by atoms with Gasteiger partial charge in [0.2, 0.25) is 17.7 Å². The van der Waals surface area contributed by atoms with E-state index in [2.05, 4.69) is 35.2 Å². The summed E-state index contributed by atoms with van der Waals surface area (Å²) in [5, 5.41) is 14.7. The van der Waals surface area contributed by atoms with Crippen molar-refractivity contribution in [2.75, 3.05) is 13.1 Å². The highest BCUT2D eigenvalue weighted by molar-refractivity contribution is 6.99. The molecule has 4 rings (SSSR count). The lowest BCUT2D eigenvalue weighted by Crippen LogP contribution is -2.57. The second kappa shape index (κ2) is 14.7. The summed E-state index contributed by atoms with van der Waals surface area (Å²) in [5.41, 5.74) is 1.34. The largest absolute Gasteiger partial charge is 0.359 e. The molecule has 5 amide bonds. The van der Waals surface area contributed by atoms with E-state index in [9.17, 15) is 24.0 Å². The van der Waals surface area contributed by atoms with Crippen LogP contribution in [0.4, 0.5) is 0 Å². The molecule has 0 unspecified atom stereocenters. The number of benzene rings is 1. The predicted molar refractivity (Wildman–Crippen MR) is 159 cm³/mol.